The number of carboxylic acid groups (broad SMARTS) is 1. The van der Waals surface area contributed by atoms with Crippen LogP contribution in [0.2, 0.25) is 0 Å². The molecule has 0 aromatic rings. The fraction of sp³-hybridized carbons (Fsp3) is 0.964. The van der Waals surface area contributed by atoms with Gasteiger partial charge >= 0.3 is 5.97 Å². The third-order valence-corrected chi connectivity index (χ3v) is 7.22. The first-order valence-corrected chi connectivity index (χ1v) is 13.8. The SMILES string of the molecule is CCCCCCCC(CCCCCC)C(CCCCCC)(CCCCCC)C(=O)O. The van der Waals surface area contributed by atoms with E-state index in [2.05, 4.69) is 27.7 Å². The molecule has 0 aliphatic heterocycles. The molecule has 0 bridgehead atoms. The van der Waals surface area contributed by atoms with Crippen LogP contribution in [0.3, 0.4) is 0 Å². The summed E-state index contributed by atoms with van der Waals surface area (Å²) < 4.78 is 0. The van der Waals surface area contributed by atoms with Gasteiger partial charge in [0, 0.05) is 0 Å². The molecule has 0 saturated heterocycles. The van der Waals surface area contributed by atoms with Gasteiger partial charge in [0.1, 0.15) is 0 Å². The van der Waals surface area contributed by atoms with Crippen LogP contribution in [0, 0.1) is 11.3 Å². The molecular formula is C28H56O2. The van der Waals surface area contributed by atoms with Crippen molar-refractivity contribution in [3.63, 3.8) is 0 Å². The van der Waals surface area contributed by atoms with E-state index in [0.717, 1.165) is 38.5 Å². The highest BCUT2D eigenvalue weighted by Gasteiger charge is 2.43. The summed E-state index contributed by atoms with van der Waals surface area (Å²) in [6.45, 7) is 9.00. The summed E-state index contributed by atoms with van der Waals surface area (Å²) in [5, 5.41) is 10.6. The third kappa shape index (κ3) is 13.0. The van der Waals surface area contributed by atoms with Gasteiger partial charge in [-0.2, -0.15) is 0 Å². The molecule has 0 rings (SSSR count). The minimum absolute atomic E-state index is 0.372. The molecule has 0 saturated carbocycles. The first-order chi connectivity index (χ1) is 14.6. The van der Waals surface area contributed by atoms with Crippen LogP contribution in [0.5, 0.6) is 0 Å². The van der Waals surface area contributed by atoms with Crippen molar-refractivity contribution in [2.75, 3.05) is 0 Å². The van der Waals surface area contributed by atoms with Gasteiger partial charge in [-0.25, -0.2) is 0 Å². The Bertz CT molecular complexity index is 365. The molecule has 0 aliphatic rings. The predicted molar refractivity (Wildman–Crippen MR) is 133 cm³/mol. The molecule has 0 heterocycles. The number of carbonyl (C=O) groups is 1. The molecular weight excluding hydrogens is 368 g/mol. The van der Waals surface area contributed by atoms with Gasteiger partial charge in [0.2, 0.25) is 0 Å². The number of unbranched alkanes of at least 4 members (excludes halogenated alkanes) is 13. The first kappa shape index (κ1) is 29.5. The minimum atomic E-state index is -0.482. The van der Waals surface area contributed by atoms with Crippen molar-refractivity contribution in [2.45, 2.75) is 163 Å². The number of carboxylic acids is 1. The summed E-state index contributed by atoms with van der Waals surface area (Å²) in [5.74, 6) is -0.110. The molecule has 0 aromatic carbocycles. The van der Waals surface area contributed by atoms with E-state index in [4.69, 9.17) is 0 Å². The number of hydrogen-bond acceptors (Lipinski definition) is 1. The van der Waals surface area contributed by atoms with Gasteiger partial charge in [-0.1, -0.05) is 137 Å². The number of rotatable bonds is 23. The third-order valence-electron chi connectivity index (χ3n) is 7.22. The average molecular weight is 425 g/mol. The van der Waals surface area contributed by atoms with Crippen LogP contribution in [0.25, 0.3) is 0 Å². The van der Waals surface area contributed by atoms with Crippen LogP contribution in [0.1, 0.15) is 163 Å². The van der Waals surface area contributed by atoms with Crippen molar-refractivity contribution < 1.29 is 9.90 Å². The first-order valence-electron chi connectivity index (χ1n) is 13.8. The Kier molecular flexibility index (Phi) is 20.0. The van der Waals surface area contributed by atoms with Crippen molar-refractivity contribution in [3.05, 3.63) is 0 Å². The average Bonchev–Trinajstić information content (AvgIpc) is 2.74. The summed E-state index contributed by atoms with van der Waals surface area (Å²) in [5.41, 5.74) is -0.474. The Hall–Kier alpha value is -0.530. The standard InChI is InChI=1S/C28H56O2/c1-5-9-13-17-19-23-26(22-18-14-10-6-2)28(27(29)30,24-20-15-11-7-3)25-21-16-12-8-4/h26H,5-25H2,1-4H3,(H,29,30). The normalized spacial score (nSPS) is 12.9. The van der Waals surface area contributed by atoms with Gasteiger partial charge in [-0.3, -0.25) is 4.79 Å². The van der Waals surface area contributed by atoms with E-state index in [0.29, 0.717) is 5.92 Å². The highest BCUT2D eigenvalue weighted by molar-refractivity contribution is 5.75. The summed E-state index contributed by atoms with van der Waals surface area (Å²) >= 11 is 0. The monoisotopic (exact) mass is 424 g/mol. The van der Waals surface area contributed by atoms with Gasteiger partial charge in [0.05, 0.1) is 5.41 Å². The van der Waals surface area contributed by atoms with E-state index in [1.54, 1.807) is 0 Å². The van der Waals surface area contributed by atoms with Gasteiger partial charge in [0.15, 0.2) is 0 Å². The van der Waals surface area contributed by atoms with E-state index >= 15 is 0 Å². The largest absolute Gasteiger partial charge is 0.481 e. The molecule has 1 atom stereocenters. The van der Waals surface area contributed by atoms with Crippen LogP contribution in [-0.2, 0) is 4.79 Å². The van der Waals surface area contributed by atoms with Crippen LogP contribution >= 0.6 is 0 Å². The van der Waals surface area contributed by atoms with Crippen molar-refractivity contribution >= 4 is 5.97 Å². The molecule has 0 spiro atoms. The fourth-order valence-electron chi connectivity index (χ4n) is 5.16. The Morgan fingerprint density at radius 2 is 0.900 bits per heavy atom. The van der Waals surface area contributed by atoms with E-state index < -0.39 is 11.4 Å². The molecule has 2 nitrogen and oxygen atoms in total. The van der Waals surface area contributed by atoms with Crippen LogP contribution in [-0.4, -0.2) is 11.1 Å². The Morgan fingerprint density at radius 1 is 0.567 bits per heavy atom. The highest BCUT2D eigenvalue weighted by Crippen LogP contribution is 2.45. The molecule has 0 amide bonds. The zero-order valence-corrected chi connectivity index (χ0v) is 21.3. The molecule has 0 aromatic heterocycles. The van der Waals surface area contributed by atoms with Crippen LogP contribution in [0.4, 0.5) is 0 Å². The maximum Gasteiger partial charge on any atom is 0.309 e. The lowest BCUT2D eigenvalue weighted by atomic mass is 9.65. The number of aliphatic carboxylic acids is 1. The summed E-state index contributed by atoms with van der Waals surface area (Å²) in [4.78, 5) is 12.8. The molecule has 1 unspecified atom stereocenters. The van der Waals surface area contributed by atoms with Gasteiger partial charge in [-0.05, 0) is 31.6 Å². The topological polar surface area (TPSA) is 37.3 Å². The lowest BCUT2D eigenvalue weighted by molar-refractivity contribution is -0.155. The Labute approximate surface area is 190 Å². The van der Waals surface area contributed by atoms with Crippen molar-refractivity contribution in [2.24, 2.45) is 11.3 Å². The molecule has 30 heavy (non-hydrogen) atoms. The molecule has 0 aliphatic carbocycles. The highest BCUT2D eigenvalue weighted by atomic mass is 16.4. The zero-order chi connectivity index (χ0) is 22.5. The minimum Gasteiger partial charge on any atom is -0.481 e. The lowest BCUT2D eigenvalue weighted by Crippen LogP contribution is -2.39. The Balaban J connectivity index is 5.29. The molecule has 1 N–H and O–H groups in total. The van der Waals surface area contributed by atoms with Gasteiger partial charge in [-0.15, -0.1) is 0 Å². The van der Waals surface area contributed by atoms with E-state index in [-0.39, 0.29) is 0 Å². The maximum atomic E-state index is 12.8. The van der Waals surface area contributed by atoms with Gasteiger partial charge < -0.3 is 5.11 Å². The van der Waals surface area contributed by atoms with E-state index in [1.165, 1.54) is 96.3 Å². The summed E-state index contributed by atoms with van der Waals surface area (Å²) in [6, 6.07) is 0. The fourth-order valence-corrected chi connectivity index (χ4v) is 5.16. The molecule has 0 fully saturated rings. The molecule has 2 heteroatoms. The van der Waals surface area contributed by atoms with Crippen molar-refractivity contribution in [3.8, 4) is 0 Å². The molecule has 0 radical (unpaired) electrons. The zero-order valence-electron chi connectivity index (χ0n) is 21.3. The summed E-state index contributed by atoms with van der Waals surface area (Å²) in [7, 11) is 0. The second kappa shape index (κ2) is 20.4. The van der Waals surface area contributed by atoms with Crippen LogP contribution in [0.15, 0.2) is 0 Å². The van der Waals surface area contributed by atoms with Crippen molar-refractivity contribution in [1.29, 1.82) is 0 Å². The van der Waals surface area contributed by atoms with E-state index in [9.17, 15) is 9.90 Å². The predicted octanol–water partition coefficient (Wildman–Crippen LogP) is 9.95. The quantitative estimate of drug-likeness (QED) is 0.166. The number of hydrogen-bond donors (Lipinski definition) is 1. The Morgan fingerprint density at radius 3 is 1.27 bits per heavy atom. The molecule has 180 valence electrons. The maximum absolute atomic E-state index is 12.8. The second-order valence-electron chi connectivity index (χ2n) is 9.83. The summed E-state index contributed by atoms with van der Waals surface area (Å²) in [6.07, 6.45) is 25.0. The second-order valence-corrected chi connectivity index (χ2v) is 9.83. The van der Waals surface area contributed by atoms with Crippen LogP contribution < -0.4 is 0 Å². The van der Waals surface area contributed by atoms with Crippen molar-refractivity contribution in [1.82, 2.24) is 0 Å². The van der Waals surface area contributed by atoms with E-state index in [1.807, 2.05) is 0 Å². The lowest BCUT2D eigenvalue weighted by Gasteiger charge is -2.38. The smallest absolute Gasteiger partial charge is 0.309 e. The van der Waals surface area contributed by atoms with Gasteiger partial charge in [0.25, 0.3) is 0 Å².